The van der Waals surface area contributed by atoms with Crippen molar-refractivity contribution in [2.75, 3.05) is 32.1 Å². The molecule has 3 atom stereocenters. The lowest BCUT2D eigenvalue weighted by atomic mass is 9.95. The Hall–Kier alpha value is -3.72. The molecule has 0 bridgehead atoms. The molecule has 5 rings (SSSR count). The molecule has 2 fully saturated rings. The molecule has 2 N–H and O–H groups in total. The molecule has 1 unspecified atom stereocenters. The minimum Gasteiger partial charge on any atom is -0.381 e. The Balaban J connectivity index is 1.31. The van der Waals surface area contributed by atoms with Crippen LogP contribution in [0.1, 0.15) is 42.5 Å². The molecule has 2 saturated heterocycles. The maximum Gasteiger partial charge on any atom is 0.324 e. The van der Waals surface area contributed by atoms with Crippen LogP contribution in [0.15, 0.2) is 48.5 Å². The number of rotatable bonds is 6. The number of carbonyl (C=O) groups is 4. The molecule has 1 spiro atoms. The minimum absolute atomic E-state index is 0.0814. The van der Waals surface area contributed by atoms with Gasteiger partial charge >= 0.3 is 6.03 Å². The van der Waals surface area contributed by atoms with Crippen molar-refractivity contribution in [3.05, 3.63) is 65.2 Å². The van der Waals surface area contributed by atoms with Crippen LogP contribution >= 0.6 is 0 Å². The van der Waals surface area contributed by atoms with Crippen molar-refractivity contribution >= 4 is 29.4 Å². The van der Waals surface area contributed by atoms with Crippen LogP contribution in [0.2, 0.25) is 0 Å². The van der Waals surface area contributed by atoms with Crippen molar-refractivity contribution in [3.8, 4) is 0 Å². The number of nitrogens with one attached hydrogen (secondary N) is 2. The second-order valence-corrected chi connectivity index (χ2v) is 10.2. The number of imide groups is 1. The Morgan fingerprint density at radius 3 is 2.59 bits per heavy atom. The Kier molecular flexibility index (Phi) is 6.72. The summed E-state index contributed by atoms with van der Waals surface area (Å²) < 4.78 is 5.54. The van der Waals surface area contributed by atoms with Gasteiger partial charge in [-0.05, 0) is 48.6 Å². The number of carbonyl (C=O) groups excluding carboxylic acids is 4. The van der Waals surface area contributed by atoms with Gasteiger partial charge in [0.25, 0.3) is 5.91 Å². The highest BCUT2D eigenvalue weighted by Gasteiger charge is 2.54. The van der Waals surface area contributed by atoms with Crippen molar-refractivity contribution in [1.29, 1.82) is 0 Å². The quantitative estimate of drug-likeness (QED) is 0.588. The molecule has 5 amide bonds. The summed E-state index contributed by atoms with van der Waals surface area (Å²) in [6.07, 6.45) is 2.39. The molecule has 3 aliphatic rings. The summed E-state index contributed by atoms with van der Waals surface area (Å²) in [7, 11) is 1.63. The monoisotopic (exact) mass is 504 g/mol. The number of anilines is 1. The third-order valence-corrected chi connectivity index (χ3v) is 7.90. The number of hydrogen-bond acceptors (Lipinski definition) is 5. The van der Waals surface area contributed by atoms with Crippen molar-refractivity contribution in [2.24, 2.45) is 5.92 Å². The zero-order chi connectivity index (χ0) is 26.2. The predicted octanol–water partition coefficient (Wildman–Crippen LogP) is 2.66. The average Bonchev–Trinajstić information content (AvgIpc) is 3.40. The Labute approximate surface area is 216 Å². The second kappa shape index (κ2) is 9.97. The standard InChI is InChI=1S/C28H32N4O5/c1-18(19-7-4-3-5-8-19)32(25(34)21-9-6-12-37-17-21)16-24(33)29-23-11-10-20-14-28(15-22(20)13-23)26(35)30-27(36)31(28)2/h3-5,7-8,10-11,13,18,21H,6,9,12,14-17H2,1-2H3,(H,29,33)(H,30,35,36)/t18-,21?,28+/m1/s1. The average molecular weight is 505 g/mol. The lowest BCUT2D eigenvalue weighted by Crippen LogP contribution is -2.48. The largest absolute Gasteiger partial charge is 0.381 e. The summed E-state index contributed by atoms with van der Waals surface area (Å²) in [5.74, 6) is -0.938. The number of urea groups is 1. The Morgan fingerprint density at radius 1 is 1.16 bits per heavy atom. The van der Waals surface area contributed by atoms with Crippen LogP contribution in [0.4, 0.5) is 10.5 Å². The predicted molar refractivity (Wildman–Crippen MR) is 137 cm³/mol. The van der Waals surface area contributed by atoms with Crippen LogP contribution in [0, 0.1) is 5.92 Å². The number of fused-ring (bicyclic) bond motifs is 1. The van der Waals surface area contributed by atoms with Gasteiger partial charge in [-0.3, -0.25) is 19.7 Å². The number of benzene rings is 2. The van der Waals surface area contributed by atoms with E-state index in [-0.39, 0.29) is 36.2 Å². The van der Waals surface area contributed by atoms with E-state index in [1.807, 2.05) is 49.4 Å². The van der Waals surface area contributed by atoms with E-state index in [9.17, 15) is 19.2 Å². The van der Waals surface area contributed by atoms with Gasteiger partial charge in [-0.2, -0.15) is 0 Å². The maximum absolute atomic E-state index is 13.5. The molecule has 9 nitrogen and oxygen atoms in total. The van der Waals surface area contributed by atoms with Gasteiger partial charge in [0.2, 0.25) is 11.8 Å². The molecule has 194 valence electrons. The summed E-state index contributed by atoms with van der Waals surface area (Å²) in [6.45, 7) is 2.87. The first-order valence-corrected chi connectivity index (χ1v) is 12.7. The van der Waals surface area contributed by atoms with Gasteiger partial charge in [0.05, 0.1) is 18.6 Å². The summed E-state index contributed by atoms with van der Waals surface area (Å²) in [5, 5.41) is 5.33. The number of ether oxygens (including phenoxy) is 1. The first-order chi connectivity index (χ1) is 17.8. The highest BCUT2D eigenvalue weighted by atomic mass is 16.5. The summed E-state index contributed by atoms with van der Waals surface area (Å²) in [4.78, 5) is 54.4. The van der Waals surface area contributed by atoms with E-state index in [1.54, 1.807) is 18.0 Å². The van der Waals surface area contributed by atoms with Crippen LogP contribution in [0.3, 0.4) is 0 Å². The number of hydrogen-bond donors (Lipinski definition) is 2. The lowest BCUT2D eigenvalue weighted by Gasteiger charge is -2.33. The number of nitrogens with zero attached hydrogens (tertiary/aromatic N) is 2. The number of amides is 5. The molecule has 2 aromatic carbocycles. The highest BCUT2D eigenvalue weighted by Crippen LogP contribution is 2.38. The highest BCUT2D eigenvalue weighted by molar-refractivity contribution is 6.07. The normalized spacial score (nSPS) is 23.5. The van der Waals surface area contributed by atoms with E-state index in [2.05, 4.69) is 10.6 Å². The van der Waals surface area contributed by atoms with Crippen LogP contribution in [0.5, 0.6) is 0 Å². The van der Waals surface area contributed by atoms with Crippen LogP contribution < -0.4 is 10.6 Å². The van der Waals surface area contributed by atoms with Gasteiger partial charge < -0.3 is 19.9 Å². The molecule has 9 heteroatoms. The van der Waals surface area contributed by atoms with Crippen LogP contribution in [-0.2, 0) is 32.0 Å². The topological polar surface area (TPSA) is 108 Å². The van der Waals surface area contributed by atoms with Gasteiger partial charge in [0.15, 0.2) is 0 Å². The van der Waals surface area contributed by atoms with Gasteiger partial charge in [0, 0.05) is 32.2 Å². The van der Waals surface area contributed by atoms with Crippen molar-refractivity contribution in [3.63, 3.8) is 0 Å². The Morgan fingerprint density at radius 2 is 1.92 bits per heavy atom. The van der Waals surface area contributed by atoms with Gasteiger partial charge in [-0.25, -0.2) is 4.79 Å². The van der Waals surface area contributed by atoms with Crippen LogP contribution in [0.25, 0.3) is 0 Å². The first-order valence-electron chi connectivity index (χ1n) is 12.7. The van der Waals surface area contributed by atoms with E-state index in [1.165, 1.54) is 4.90 Å². The molecule has 2 aromatic rings. The number of likely N-dealkylation sites (N-methyl/N-ethyl adjacent to an activating group) is 1. The molecule has 1 aliphatic carbocycles. The minimum atomic E-state index is -0.918. The Bertz CT molecular complexity index is 1230. The second-order valence-electron chi connectivity index (χ2n) is 10.2. The van der Waals surface area contributed by atoms with Gasteiger partial charge in [-0.15, -0.1) is 0 Å². The molecule has 0 aromatic heterocycles. The zero-order valence-electron chi connectivity index (χ0n) is 21.2. The van der Waals surface area contributed by atoms with E-state index in [4.69, 9.17) is 4.74 Å². The third kappa shape index (κ3) is 4.71. The summed E-state index contributed by atoms with van der Waals surface area (Å²) in [6, 6.07) is 14.5. The summed E-state index contributed by atoms with van der Waals surface area (Å²) in [5.41, 5.74) is 2.52. The van der Waals surface area contributed by atoms with E-state index in [0.29, 0.717) is 31.7 Å². The first kappa shape index (κ1) is 25.0. The van der Waals surface area contributed by atoms with Gasteiger partial charge in [0.1, 0.15) is 12.1 Å². The zero-order valence-corrected chi connectivity index (χ0v) is 21.2. The SMILES string of the molecule is C[C@H](c1ccccc1)N(CC(=O)Nc1ccc2c(c1)C[C@@]1(C2)C(=O)NC(=O)N1C)C(=O)C1CCCOC1. The van der Waals surface area contributed by atoms with E-state index >= 15 is 0 Å². The molecule has 2 aliphatic heterocycles. The molecule has 37 heavy (non-hydrogen) atoms. The van der Waals surface area contributed by atoms with Crippen molar-refractivity contribution in [2.45, 2.75) is 44.2 Å². The molecule has 0 saturated carbocycles. The third-order valence-electron chi connectivity index (χ3n) is 7.90. The summed E-state index contributed by atoms with van der Waals surface area (Å²) >= 11 is 0. The smallest absolute Gasteiger partial charge is 0.324 e. The lowest BCUT2D eigenvalue weighted by molar-refractivity contribution is -0.144. The molecular weight excluding hydrogens is 472 g/mol. The van der Waals surface area contributed by atoms with Gasteiger partial charge in [-0.1, -0.05) is 36.4 Å². The molecular formula is C28H32N4O5. The van der Waals surface area contributed by atoms with Crippen LogP contribution in [-0.4, -0.2) is 65.9 Å². The van der Waals surface area contributed by atoms with Crippen molar-refractivity contribution in [1.82, 2.24) is 15.1 Å². The van der Waals surface area contributed by atoms with Crippen molar-refractivity contribution < 1.29 is 23.9 Å². The van der Waals surface area contributed by atoms with E-state index < -0.39 is 11.6 Å². The van der Waals surface area contributed by atoms with E-state index in [0.717, 1.165) is 29.5 Å². The molecule has 0 radical (unpaired) electrons. The molecule has 2 heterocycles. The fraction of sp³-hybridized carbons (Fsp3) is 0.429. The fourth-order valence-electron chi connectivity index (χ4n) is 5.62. The maximum atomic E-state index is 13.5. The fourth-order valence-corrected chi connectivity index (χ4v) is 5.62.